The number of rotatable bonds is 6. The molecular weight excluding hydrogens is 540 g/mol. The van der Waals surface area contributed by atoms with Crippen LogP contribution in [0.3, 0.4) is 0 Å². The molecule has 5 aromatic rings. The van der Waals surface area contributed by atoms with Gasteiger partial charge in [-0.05, 0) is 67.8 Å². The lowest BCUT2D eigenvalue weighted by molar-refractivity contribution is -0.156. The molecule has 2 aliphatic heterocycles. The zero-order chi connectivity index (χ0) is 29.2. The average Bonchev–Trinajstić information content (AvgIpc) is 3.61. The molecule has 1 fully saturated rings. The second-order valence-corrected chi connectivity index (χ2v) is 11.3. The molecule has 4 heterocycles. The van der Waals surface area contributed by atoms with E-state index in [0.717, 1.165) is 90.8 Å². The van der Waals surface area contributed by atoms with Gasteiger partial charge in [-0.2, -0.15) is 0 Å². The first-order valence-electron chi connectivity index (χ1n) is 15.0. The molecule has 2 aliphatic rings. The standard InChI is InChI=1S/C35H34N4O4/c40-34(42-32-26-10-4-6-12-28(26)37-30(32)24-14-18-36-19-15-24)35(41)43-33-27-11-5-7-13-29(27)38-31(33)25-16-20-39(21-17-25)22-23-8-2-1-3-9-23/h1-13,16,24,36-38H,14-15,17-22H2. The minimum absolute atomic E-state index is 0.201. The number of hydrogen-bond acceptors (Lipinski definition) is 6. The lowest BCUT2D eigenvalue weighted by Crippen LogP contribution is -2.29. The summed E-state index contributed by atoms with van der Waals surface area (Å²) < 4.78 is 11.7. The summed E-state index contributed by atoms with van der Waals surface area (Å²) in [5, 5.41) is 4.90. The highest BCUT2D eigenvalue weighted by atomic mass is 16.6. The largest absolute Gasteiger partial charge is 0.423 e. The highest BCUT2D eigenvalue weighted by Crippen LogP contribution is 2.39. The van der Waals surface area contributed by atoms with Crippen molar-refractivity contribution in [3.63, 3.8) is 0 Å². The van der Waals surface area contributed by atoms with Gasteiger partial charge in [0.1, 0.15) is 0 Å². The molecule has 0 saturated carbocycles. The molecule has 3 aromatic carbocycles. The van der Waals surface area contributed by atoms with E-state index in [1.54, 1.807) is 0 Å². The van der Waals surface area contributed by atoms with Crippen molar-refractivity contribution in [2.24, 2.45) is 0 Å². The number of carbonyl (C=O) groups is 2. The van der Waals surface area contributed by atoms with Crippen molar-refractivity contribution in [3.05, 3.63) is 102 Å². The van der Waals surface area contributed by atoms with E-state index < -0.39 is 11.9 Å². The Morgan fingerprint density at radius 1 is 0.767 bits per heavy atom. The number of para-hydroxylation sites is 2. The predicted octanol–water partition coefficient (Wildman–Crippen LogP) is 5.92. The fourth-order valence-corrected chi connectivity index (χ4v) is 6.29. The van der Waals surface area contributed by atoms with Crippen LogP contribution in [0.5, 0.6) is 11.5 Å². The van der Waals surface area contributed by atoms with Crippen LogP contribution in [0.4, 0.5) is 0 Å². The second kappa shape index (κ2) is 11.9. The Balaban J connectivity index is 1.13. The lowest BCUT2D eigenvalue weighted by atomic mass is 9.94. The second-order valence-electron chi connectivity index (χ2n) is 11.3. The third kappa shape index (κ3) is 5.59. The number of nitrogens with zero attached hydrogens (tertiary/aromatic N) is 1. The van der Waals surface area contributed by atoms with Crippen LogP contribution in [-0.2, 0) is 16.1 Å². The van der Waals surface area contributed by atoms with E-state index in [2.05, 4.69) is 50.5 Å². The number of ether oxygens (including phenoxy) is 2. The summed E-state index contributed by atoms with van der Waals surface area (Å²) in [6, 6.07) is 25.8. The zero-order valence-corrected chi connectivity index (χ0v) is 23.9. The Labute approximate surface area is 249 Å². The van der Waals surface area contributed by atoms with E-state index >= 15 is 0 Å². The number of benzene rings is 3. The highest BCUT2D eigenvalue weighted by molar-refractivity contribution is 6.31. The molecule has 0 unspecified atom stereocenters. The van der Waals surface area contributed by atoms with Gasteiger partial charge in [0.05, 0.1) is 11.4 Å². The maximum Gasteiger partial charge on any atom is 0.423 e. The van der Waals surface area contributed by atoms with Gasteiger partial charge in [0.25, 0.3) is 0 Å². The first-order valence-corrected chi connectivity index (χ1v) is 15.0. The molecule has 8 heteroatoms. The van der Waals surface area contributed by atoms with Crippen molar-refractivity contribution in [2.75, 3.05) is 26.2 Å². The minimum Gasteiger partial charge on any atom is -0.415 e. The number of carbonyl (C=O) groups excluding carboxylic acids is 2. The Hall–Kier alpha value is -4.66. The zero-order valence-electron chi connectivity index (χ0n) is 23.9. The average molecular weight is 575 g/mol. The Kier molecular flexibility index (Phi) is 7.53. The molecular formula is C35H34N4O4. The van der Waals surface area contributed by atoms with E-state index in [1.165, 1.54) is 5.56 Å². The molecule has 3 N–H and O–H groups in total. The van der Waals surface area contributed by atoms with Crippen molar-refractivity contribution >= 4 is 39.3 Å². The molecule has 218 valence electrons. The number of nitrogens with one attached hydrogen (secondary N) is 3. The number of piperidine rings is 1. The third-order valence-electron chi connectivity index (χ3n) is 8.51. The van der Waals surface area contributed by atoms with Crippen LogP contribution < -0.4 is 14.8 Å². The van der Waals surface area contributed by atoms with Crippen molar-refractivity contribution in [2.45, 2.75) is 31.7 Å². The minimum atomic E-state index is -1.05. The normalized spacial score (nSPS) is 16.3. The SMILES string of the molecule is O=C(Oc1c(C2=CCN(Cc3ccccc3)CC2)[nH]c2ccccc12)C(=O)Oc1c(C2CCNCC2)[nH]c2ccccc12. The van der Waals surface area contributed by atoms with Gasteiger partial charge in [-0.15, -0.1) is 0 Å². The van der Waals surface area contributed by atoms with Gasteiger partial charge in [-0.3, -0.25) is 4.90 Å². The van der Waals surface area contributed by atoms with Gasteiger partial charge in [0.2, 0.25) is 0 Å². The summed E-state index contributed by atoms with van der Waals surface area (Å²) in [5.41, 5.74) is 5.62. The number of H-pyrrole nitrogens is 2. The summed E-state index contributed by atoms with van der Waals surface area (Å²) in [7, 11) is 0. The van der Waals surface area contributed by atoms with Gasteiger partial charge in [-0.1, -0.05) is 60.7 Å². The number of aromatic amines is 2. The van der Waals surface area contributed by atoms with E-state index in [1.807, 2.05) is 54.6 Å². The molecule has 0 spiro atoms. The summed E-state index contributed by atoms with van der Waals surface area (Å²) in [6.45, 7) is 4.29. The lowest BCUT2D eigenvalue weighted by Gasteiger charge is -2.26. The number of fused-ring (bicyclic) bond motifs is 2. The molecule has 0 bridgehead atoms. The third-order valence-corrected chi connectivity index (χ3v) is 8.51. The van der Waals surface area contributed by atoms with Crippen LogP contribution in [-0.4, -0.2) is 53.0 Å². The van der Waals surface area contributed by atoms with Crippen LogP contribution in [0.1, 0.15) is 42.1 Å². The summed E-state index contributed by atoms with van der Waals surface area (Å²) in [6.07, 6.45) is 4.78. The van der Waals surface area contributed by atoms with Crippen LogP contribution in [0.25, 0.3) is 27.4 Å². The van der Waals surface area contributed by atoms with Crippen molar-refractivity contribution in [3.8, 4) is 11.5 Å². The molecule has 0 aliphatic carbocycles. The monoisotopic (exact) mass is 574 g/mol. The van der Waals surface area contributed by atoms with Crippen LogP contribution in [0.15, 0.2) is 84.9 Å². The van der Waals surface area contributed by atoms with Crippen molar-refractivity contribution in [1.82, 2.24) is 20.2 Å². The fraction of sp³-hybridized carbons (Fsp3) is 0.257. The molecule has 7 rings (SSSR count). The van der Waals surface area contributed by atoms with E-state index in [4.69, 9.17) is 9.47 Å². The Bertz CT molecular complexity index is 1810. The maximum absolute atomic E-state index is 13.3. The van der Waals surface area contributed by atoms with Crippen LogP contribution in [0, 0.1) is 0 Å². The Morgan fingerprint density at radius 2 is 1.40 bits per heavy atom. The van der Waals surface area contributed by atoms with Crippen molar-refractivity contribution in [1.29, 1.82) is 0 Å². The molecule has 43 heavy (non-hydrogen) atoms. The van der Waals surface area contributed by atoms with E-state index in [-0.39, 0.29) is 5.92 Å². The number of esters is 2. The fourth-order valence-electron chi connectivity index (χ4n) is 6.29. The predicted molar refractivity (Wildman–Crippen MR) is 167 cm³/mol. The molecule has 0 radical (unpaired) electrons. The molecule has 0 atom stereocenters. The molecule has 1 saturated heterocycles. The first-order chi connectivity index (χ1) is 21.1. The molecule has 0 amide bonds. The van der Waals surface area contributed by atoms with Crippen LogP contribution >= 0.6 is 0 Å². The van der Waals surface area contributed by atoms with Gasteiger partial charge >= 0.3 is 11.9 Å². The number of aromatic nitrogens is 2. The summed E-state index contributed by atoms with van der Waals surface area (Å²) >= 11 is 0. The smallest absolute Gasteiger partial charge is 0.415 e. The summed E-state index contributed by atoms with van der Waals surface area (Å²) in [5.74, 6) is -1.11. The first kappa shape index (κ1) is 27.2. The topological polar surface area (TPSA) is 99.4 Å². The number of hydrogen-bond donors (Lipinski definition) is 3. The summed E-state index contributed by atoms with van der Waals surface area (Å²) in [4.78, 5) is 35.9. The maximum atomic E-state index is 13.3. The van der Waals surface area contributed by atoms with E-state index in [9.17, 15) is 9.59 Å². The Morgan fingerprint density at radius 3 is 2.09 bits per heavy atom. The van der Waals surface area contributed by atoms with Crippen molar-refractivity contribution < 1.29 is 19.1 Å². The van der Waals surface area contributed by atoms with Gasteiger partial charge < -0.3 is 24.8 Å². The quantitative estimate of drug-likeness (QED) is 0.172. The molecule has 8 nitrogen and oxygen atoms in total. The highest BCUT2D eigenvalue weighted by Gasteiger charge is 2.30. The molecule has 2 aromatic heterocycles. The van der Waals surface area contributed by atoms with Gasteiger partial charge in [0, 0.05) is 47.4 Å². The van der Waals surface area contributed by atoms with Gasteiger partial charge in [0.15, 0.2) is 11.5 Å². The van der Waals surface area contributed by atoms with E-state index in [0.29, 0.717) is 11.5 Å². The van der Waals surface area contributed by atoms with Gasteiger partial charge in [-0.25, -0.2) is 9.59 Å². The van der Waals surface area contributed by atoms with Crippen LogP contribution in [0.2, 0.25) is 0 Å².